The average Bonchev–Trinajstić information content (AvgIpc) is 3.12. The van der Waals surface area contributed by atoms with Crippen molar-refractivity contribution in [2.24, 2.45) is 5.10 Å². The molecule has 0 aliphatic carbocycles. The number of esters is 1. The first kappa shape index (κ1) is 21.1. The van der Waals surface area contributed by atoms with Gasteiger partial charge in [0, 0.05) is 20.7 Å². The molecule has 0 aliphatic heterocycles. The Balaban J connectivity index is 1.38. The molecule has 1 amide bonds. The largest absolute Gasteiger partial charge is 0.422 e. The molecule has 1 aromatic heterocycles. The molecule has 0 aliphatic rings. The van der Waals surface area contributed by atoms with Gasteiger partial charge in [-0.15, -0.1) is 11.3 Å². The number of ether oxygens (including phenoxy) is 1. The highest BCUT2D eigenvalue weighted by atomic mass is 35.5. The van der Waals surface area contributed by atoms with Gasteiger partial charge in [-0.2, -0.15) is 5.10 Å². The van der Waals surface area contributed by atoms with Crippen LogP contribution in [-0.4, -0.2) is 18.1 Å². The number of carbonyl (C=O) groups is 2. The molecule has 3 aromatic carbocycles. The van der Waals surface area contributed by atoms with E-state index in [1.807, 2.05) is 24.3 Å². The molecule has 0 atom stereocenters. The molecule has 31 heavy (non-hydrogen) atoms. The van der Waals surface area contributed by atoms with Gasteiger partial charge in [-0.3, -0.25) is 4.79 Å². The molecule has 5 nitrogen and oxygen atoms in total. The van der Waals surface area contributed by atoms with Crippen LogP contribution in [0.3, 0.4) is 0 Å². The van der Waals surface area contributed by atoms with Gasteiger partial charge in [-0.05, 0) is 60.2 Å². The molecule has 1 N–H and O–H groups in total. The Bertz CT molecular complexity index is 1280. The number of fused-ring (bicyclic) bond motifs is 1. The van der Waals surface area contributed by atoms with Crippen molar-refractivity contribution in [3.8, 4) is 5.75 Å². The van der Waals surface area contributed by atoms with Crippen LogP contribution in [0.5, 0.6) is 5.75 Å². The number of carbonyl (C=O) groups excluding carboxylic acids is 2. The number of hydrogen-bond donors (Lipinski definition) is 1. The van der Waals surface area contributed by atoms with Crippen LogP contribution in [-0.2, 0) is 0 Å². The minimum atomic E-state index is -0.511. The Kier molecular flexibility index (Phi) is 6.32. The molecule has 4 rings (SSSR count). The molecule has 154 valence electrons. The standard InChI is InChI=1S/C23H14Cl2N2O3S/c24-16-9-7-15(8-10-16)22(28)27-26-13-14-5-11-17(12-6-14)30-23(29)21-20(25)18-3-1-2-4-19(18)31-21/h1-13H,(H,27,28). The second-order valence-electron chi connectivity index (χ2n) is 6.41. The predicted octanol–water partition coefficient (Wildman–Crippen LogP) is 6.19. The summed E-state index contributed by atoms with van der Waals surface area (Å²) in [6, 6.07) is 20.7. The third-order valence-electron chi connectivity index (χ3n) is 4.30. The van der Waals surface area contributed by atoms with Crippen molar-refractivity contribution >= 4 is 62.7 Å². The maximum absolute atomic E-state index is 12.5. The minimum absolute atomic E-state index is 0.348. The van der Waals surface area contributed by atoms with E-state index >= 15 is 0 Å². The topological polar surface area (TPSA) is 67.8 Å². The lowest BCUT2D eigenvalue weighted by Gasteiger charge is -2.03. The van der Waals surface area contributed by atoms with E-state index in [2.05, 4.69) is 10.5 Å². The molecule has 0 saturated heterocycles. The number of thiophene rings is 1. The van der Waals surface area contributed by atoms with Crippen molar-refractivity contribution in [3.63, 3.8) is 0 Å². The number of hydrogen-bond acceptors (Lipinski definition) is 5. The normalized spacial score (nSPS) is 11.0. The second kappa shape index (κ2) is 9.31. The van der Waals surface area contributed by atoms with Gasteiger partial charge in [0.05, 0.1) is 11.2 Å². The molecule has 0 bridgehead atoms. The van der Waals surface area contributed by atoms with Crippen molar-refractivity contribution in [2.45, 2.75) is 0 Å². The lowest BCUT2D eigenvalue weighted by Crippen LogP contribution is -2.17. The highest BCUT2D eigenvalue weighted by molar-refractivity contribution is 7.21. The lowest BCUT2D eigenvalue weighted by atomic mass is 10.2. The summed E-state index contributed by atoms with van der Waals surface area (Å²) in [6.45, 7) is 0. The predicted molar refractivity (Wildman–Crippen MR) is 125 cm³/mol. The zero-order chi connectivity index (χ0) is 21.8. The zero-order valence-corrected chi connectivity index (χ0v) is 18.2. The number of nitrogens with zero attached hydrogens (tertiary/aromatic N) is 1. The van der Waals surface area contributed by atoms with Crippen LogP contribution in [0.1, 0.15) is 25.6 Å². The van der Waals surface area contributed by atoms with Crippen LogP contribution in [0.15, 0.2) is 77.9 Å². The fourth-order valence-corrected chi connectivity index (χ4v) is 4.26. The summed E-state index contributed by atoms with van der Waals surface area (Å²) in [6.07, 6.45) is 1.49. The number of rotatable bonds is 5. The Morgan fingerprint density at radius 1 is 0.935 bits per heavy atom. The molecular weight excluding hydrogens is 455 g/mol. The monoisotopic (exact) mass is 468 g/mol. The van der Waals surface area contributed by atoms with E-state index in [0.717, 1.165) is 15.6 Å². The van der Waals surface area contributed by atoms with E-state index < -0.39 is 5.97 Å². The maximum Gasteiger partial charge on any atom is 0.355 e. The van der Waals surface area contributed by atoms with Crippen LogP contribution < -0.4 is 10.2 Å². The maximum atomic E-state index is 12.5. The minimum Gasteiger partial charge on any atom is -0.422 e. The van der Waals surface area contributed by atoms with Crippen molar-refractivity contribution in [3.05, 3.63) is 98.8 Å². The summed E-state index contributed by atoms with van der Waals surface area (Å²) in [4.78, 5) is 24.9. The van der Waals surface area contributed by atoms with Gasteiger partial charge in [0.1, 0.15) is 10.6 Å². The highest BCUT2D eigenvalue weighted by Crippen LogP contribution is 2.35. The highest BCUT2D eigenvalue weighted by Gasteiger charge is 2.18. The molecule has 4 aromatic rings. The van der Waals surface area contributed by atoms with Crippen LogP contribution >= 0.6 is 34.5 Å². The third-order valence-corrected chi connectivity index (χ3v) is 6.20. The number of hydrazone groups is 1. The Morgan fingerprint density at radius 2 is 1.65 bits per heavy atom. The summed E-state index contributed by atoms with van der Waals surface area (Å²) in [5.74, 6) is -0.484. The lowest BCUT2D eigenvalue weighted by molar-refractivity contribution is 0.0739. The van der Waals surface area contributed by atoms with E-state index in [0.29, 0.717) is 26.2 Å². The number of amides is 1. The van der Waals surface area contributed by atoms with Gasteiger partial charge >= 0.3 is 5.97 Å². The van der Waals surface area contributed by atoms with Gasteiger partial charge in [0.2, 0.25) is 0 Å². The van der Waals surface area contributed by atoms with Crippen molar-refractivity contribution < 1.29 is 14.3 Å². The fourth-order valence-electron chi connectivity index (χ4n) is 2.75. The quantitative estimate of drug-likeness (QED) is 0.164. The molecule has 8 heteroatoms. The van der Waals surface area contributed by atoms with Crippen LogP contribution in [0, 0.1) is 0 Å². The van der Waals surface area contributed by atoms with Crippen LogP contribution in [0.2, 0.25) is 10.0 Å². The van der Waals surface area contributed by atoms with Crippen LogP contribution in [0.4, 0.5) is 0 Å². The van der Waals surface area contributed by atoms with E-state index in [-0.39, 0.29) is 5.91 Å². The summed E-state index contributed by atoms with van der Waals surface area (Å²) in [5, 5.41) is 5.71. The molecule has 1 heterocycles. The molecule has 0 saturated carbocycles. The molecule has 0 unspecified atom stereocenters. The van der Waals surface area contributed by atoms with Crippen molar-refractivity contribution in [1.29, 1.82) is 0 Å². The number of nitrogens with one attached hydrogen (secondary N) is 1. The first-order chi connectivity index (χ1) is 15.0. The van der Waals surface area contributed by atoms with E-state index in [9.17, 15) is 9.59 Å². The van der Waals surface area contributed by atoms with Crippen molar-refractivity contribution in [2.75, 3.05) is 0 Å². The summed E-state index contributed by atoms with van der Waals surface area (Å²) < 4.78 is 6.36. The Morgan fingerprint density at radius 3 is 2.35 bits per heavy atom. The fraction of sp³-hybridized carbons (Fsp3) is 0. The average molecular weight is 469 g/mol. The van der Waals surface area contributed by atoms with Gasteiger partial charge in [-0.25, -0.2) is 10.2 Å². The van der Waals surface area contributed by atoms with E-state index in [4.69, 9.17) is 27.9 Å². The summed E-state index contributed by atoms with van der Waals surface area (Å²) >= 11 is 13.4. The van der Waals surface area contributed by atoms with Crippen LogP contribution in [0.25, 0.3) is 10.1 Å². The Labute approximate surface area is 191 Å². The number of halogens is 2. The smallest absolute Gasteiger partial charge is 0.355 e. The van der Waals surface area contributed by atoms with Gasteiger partial charge in [0.15, 0.2) is 0 Å². The molecule has 0 spiro atoms. The van der Waals surface area contributed by atoms with E-state index in [1.54, 1.807) is 48.5 Å². The first-order valence-electron chi connectivity index (χ1n) is 9.09. The van der Waals surface area contributed by atoms with Gasteiger partial charge in [0.25, 0.3) is 5.91 Å². The molecular formula is C23H14Cl2N2O3S. The van der Waals surface area contributed by atoms with Gasteiger partial charge < -0.3 is 4.74 Å². The SMILES string of the molecule is O=C(NN=Cc1ccc(OC(=O)c2sc3ccccc3c2Cl)cc1)c1ccc(Cl)cc1. The summed E-state index contributed by atoms with van der Waals surface area (Å²) in [5.41, 5.74) is 3.61. The van der Waals surface area contributed by atoms with Crippen molar-refractivity contribution in [1.82, 2.24) is 5.43 Å². The van der Waals surface area contributed by atoms with Gasteiger partial charge in [-0.1, -0.05) is 41.4 Å². The number of benzene rings is 3. The molecule has 0 fully saturated rings. The zero-order valence-electron chi connectivity index (χ0n) is 15.8. The third kappa shape index (κ3) is 4.94. The summed E-state index contributed by atoms with van der Waals surface area (Å²) in [7, 11) is 0. The first-order valence-corrected chi connectivity index (χ1v) is 10.7. The Hall–Kier alpha value is -3.19. The second-order valence-corrected chi connectivity index (χ2v) is 8.27. The van der Waals surface area contributed by atoms with E-state index in [1.165, 1.54) is 17.6 Å². The molecule has 0 radical (unpaired) electrons.